The van der Waals surface area contributed by atoms with E-state index in [1.807, 2.05) is 24.4 Å². The van der Waals surface area contributed by atoms with Crippen LogP contribution in [0.25, 0.3) is 22.3 Å². The molecule has 1 fully saturated rings. The second-order valence-corrected chi connectivity index (χ2v) is 6.45. The summed E-state index contributed by atoms with van der Waals surface area (Å²) in [6.07, 6.45) is 4.41. The van der Waals surface area contributed by atoms with Crippen LogP contribution in [0.1, 0.15) is 19.8 Å². The maximum absolute atomic E-state index is 4.83. The molecule has 0 unspecified atom stereocenters. The monoisotopic (exact) mass is 303 g/mol. The molecule has 0 bridgehead atoms. The molecule has 3 aromatic rings. The summed E-state index contributed by atoms with van der Waals surface area (Å²) in [5, 5.41) is 1.24. The summed E-state index contributed by atoms with van der Waals surface area (Å²) < 4.78 is 0. The van der Waals surface area contributed by atoms with Crippen LogP contribution in [0, 0.1) is 5.92 Å². The Labute approximate surface area is 137 Å². The van der Waals surface area contributed by atoms with E-state index in [-0.39, 0.29) is 0 Å². The maximum atomic E-state index is 4.83. The molecule has 3 heteroatoms. The molecule has 0 aliphatic carbocycles. The Kier molecular flexibility index (Phi) is 3.70. The highest BCUT2D eigenvalue weighted by Gasteiger charge is 2.19. The fourth-order valence-corrected chi connectivity index (χ4v) is 3.47. The zero-order chi connectivity index (χ0) is 15.6. The van der Waals surface area contributed by atoms with Crippen LogP contribution in [-0.4, -0.2) is 23.1 Å². The van der Waals surface area contributed by atoms with Gasteiger partial charge >= 0.3 is 0 Å². The first-order valence-corrected chi connectivity index (χ1v) is 8.37. The number of para-hydroxylation sites is 1. The third kappa shape index (κ3) is 2.79. The average molecular weight is 303 g/mol. The van der Waals surface area contributed by atoms with Crippen molar-refractivity contribution in [2.45, 2.75) is 19.8 Å². The van der Waals surface area contributed by atoms with Crippen molar-refractivity contribution < 1.29 is 0 Å². The molecular weight excluding hydrogens is 282 g/mol. The van der Waals surface area contributed by atoms with Crippen molar-refractivity contribution in [3.63, 3.8) is 0 Å². The van der Waals surface area contributed by atoms with Gasteiger partial charge in [0, 0.05) is 30.4 Å². The second kappa shape index (κ2) is 5.99. The Hall–Kier alpha value is -2.42. The molecule has 0 saturated carbocycles. The molecule has 1 aliphatic rings. The normalized spacial score (nSPS) is 18.3. The lowest BCUT2D eigenvalue weighted by atomic mass is 9.99. The van der Waals surface area contributed by atoms with E-state index < -0.39 is 0 Å². The van der Waals surface area contributed by atoms with Crippen LogP contribution in [0.2, 0.25) is 0 Å². The number of hydrogen-bond donors (Lipinski definition) is 0. The van der Waals surface area contributed by atoms with Gasteiger partial charge in [0.1, 0.15) is 0 Å². The van der Waals surface area contributed by atoms with Crippen LogP contribution in [0.3, 0.4) is 0 Å². The van der Waals surface area contributed by atoms with E-state index in [2.05, 4.69) is 47.1 Å². The first-order chi connectivity index (χ1) is 11.3. The van der Waals surface area contributed by atoms with E-state index in [9.17, 15) is 0 Å². The van der Waals surface area contributed by atoms with Gasteiger partial charge < -0.3 is 4.90 Å². The van der Waals surface area contributed by atoms with Gasteiger partial charge in [-0.3, -0.25) is 4.98 Å². The Balaban J connectivity index is 1.87. The number of anilines is 1. The molecule has 3 nitrogen and oxygen atoms in total. The van der Waals surface area contributed by atoms with Gasteiger partial charge in [0.05, 0.1) is 16.9 Å². The Bertz CT molecular complexity index is 813. The van der Waals surface area contributed by atoms with Crippen LogP contribution in [0.15, 0.2) is 54.7 Å². The lowest BCUT2D eigenvalue weighted by Gasteiger charge is -2.33. The SMILES string of the molecule is C[C@H]1CCCN(c2cc(-c3ccccn3)nc3ccccc23)C1. The number of aromatic nitrogens is 2. The number of piperidine rings is 1. The number of pyridine rings is 2. The largest absolute Gasteiger partial charge is 0.371 e. The first-order valence-electron chi connectivity index (χ1n) is 8.37. The van der Waals surface area contributed by atoms with E-state index in [0.717, 1.165) is 35.9 Å². The molecular formula is C20H21N3. The molecule has 1 aromatic carbocycles. The van der Waals surface area contributed by atoms with E-state index in [0.29, 0.717) is 0 Å². The number of rotatable bonds is 2. The standard InChI is InChI=1S/C20H21N3/c1-15-7-6-12-23(14-15)20-13-19(18-10-4-5-11-21-18)22-17-9-3-2-8-16(17)20/h2-5,8-11,13,15H,6-7,12,14H2,1H3/t15-/m0/s1. The van der Waals surface area contributed by atoms with Gasteiger partial charge in [0.25, 0.3) is 0 Å². The fourth-order valence-electron chi connectivity index (χ4n) is 3.47. The van der Waals surface area contributed by atoms with Crippen LogP contribution in [0.4, 0.5) is 5.69 Å². The third-order valence-electron chi connectivity index (χ3n) is 4.62. The Morgan fingerprint density at radius 1 is 1.04 bits per heavy atom. The molecule has 0 spiro atoms. The molecule has 2 aromatic heterocycles. The van der Waals surface area contributed by atoms with Crippen molar-refractivity contribution in [1.82, 2.24) is 9.97 Å². The number of hydrogen-bond acceptors (Lipinski definition) is 3. The van der Waals surface area contributed by atoms with Crippen LogP contribution in [-0.2, 0) is 0 Å². The van der Waals surface area contributed by atoms with Crippen molar-refractivity contribution in [3.05, 3.63) is 54.7 Å². The minimum absolute atomic E-state index is 0.744. The van der Waals surface area contributed by atoms with E-state index in [4.69, 9.17) is 4.98 Å². The minimum atomic E-state index is 0.744. The van der Waals surface area contributed by atoms with Crippen LogP contribution in [0.5, 0.6) is 0 Å². The summed E-state index contributed by atoms with van der Waals surface area (Å²) >= 11 is 0. The predicted octanol–water partition coefficient (Wildman–Crippen LogP) is 4.53. The Morgan fingerprint density at radius 3 is 2.74 bits per heavy atom. The molecule has 1 saturated heterocycles. The first kappa shape index (κ1) is 14.2. The van der Waals surface area contributed by atoms with Gasteiger partial charge in [-0.15, -0.1) is 0 Å². The topological polar surface area (TPSA) is 29.0 Å². The highest BCUT2D eigenvalue weighted by atomic mass is 15.1. The summed E-state index contributed by atoms with van der Waals surface area (Å²) in [4.78, 5) is 11.8. The lowest BCUT2D eigenvalue weighted by molar-refractivity contribution is 0.447. The fraction of sp³-hybridized carbons (Fsp3) is 0.300. The van der Waals surface area contributed by atoms with E-state index in [1.54, 1.807) is 0 Å². The van der Waals surface area contributed by atoms with Crippen molar-refractivity contribution >= 4 is 16.6 Å². The van der Waals surface area contributed by atoms with Gasteiger partial charge in [0.2, 0.25) is 0 Å². The van der Waals surface area contributed by atoms with Gasteiger partial charge in [-0.1, -0.05) is 31.2 Å². The molecule has 23 heavy (non-hydrogen) atoms. The molecule has 3 heterocycles. The quantitative estimate of drug-likeness (QED) is 0.696. The highest BCUT2D eigenvalue weighted by Crippen LogP contribution is 2.32. The highest BCUT2D eigenvalue weighted by molar-refractivity contribution is 5.94. The number of benzene rings is 1. The third-order valence-corrected chi connectivity index (χ3v) is 4.62. The van der Waals surface area contributed by atoms with Crippen LogP contribution < -0.4 is 4.90 Å². The molecule has 4 rings (SSSR count). The van der Waals surface area contributed by atoms with Crippen LogP contribution >= 0.6 is 0 Å². The Morgan fingerprint density at radius 2 is 1.91 bits per heavy atom. The summed E-state index contributed by atoms with van der Waals surface area (Å²) in [6.45, 7) is 4.59. The summed E-state index contributed by atoms with van der Waals surface area (Å²) in [5.41, 5.74) is 4.23. The van der Waals surface area contributed by atoms with E-state index in [1.165, 1.54) is 23.9 Å². The lowest BCUT2D eigenvalue weighted by Crippen LogP contribution is -2.34. The maximum Gasteiger partial charge on any atom is 0.0914 e. The molecule has 116 valence electrons. The molecule has 0 amide bonds. The van der Waals surface area contributed by atoms with Gasteiger partial charge in [-0.05, 0) is 43.0 Å². The van der Waals surface area contributed by atoms with Gasteiger partial charge in [-0.2, -0.15) is 0 Å². The minimum Gasteiger partial charge on any atom is -0.371 e. The van der Waals surface area contributed by atoms with Crippen molar-refractivity contribution in [2.75, 3.05) is 18.0 Å². The molecule has 0 radical (unpaired) electrons. The van der Waals surface area contributed by atoms with Crippen molar-refractivity contribution in [2.24, 2.45) is 5.92 Å². The number of nitrogens with zero attached hydrogens (tertiary/aromatic N) is 3. The molecule has 0 N–H and O–H groups in total. The number of fused-ring (bicyclic) bond motifs is 1. The van der Waals surface area contributed by atoms with Gasteiger partial charge in [-0.25, -0.2) is 4.98 Å². The smallest absolute Gasteiger partial charge is 0.0914 e. The molecule has 1 atom stereocenters. The predicted molar refractivity (Wildman–Crippen MR) is 95.6 cm³/mol. The average Bonchev–Trinajstić information content (AvgIpc) is 2.61. The zero-order valence-electron chi connectivity index (χ0n) is 13.4. The van der Waals surface area contributed by atoms with Crippen molar-refractivity contribution in [3.8, 4) is 11.4 Å². The summed E-state index contributed by atoms with van der Waals surface area (Å²) in [5.74, 6) is 0.744. The summed E-state index contributed by atoms with van der Waals surface area (Å²) in [6, 6.07) is 16.6. The molecule has 1 aliphatic heterocycles. The van der Waals surface area contributed by atoms with E-state index >= 15 is 0 Å². The van der Waals surface area contributed by atoms with Gasteiger partial charge in [0.15, 0.2) is 0 Å². The second-order valence-electron chi connectivity index (χ2n) is 6.45. The van der Waals surface area contributed by atoms with Crippen molar-refractivity contribution in [1.29, 1.82) is 0 Å². The summed E-state index contributed by atoms with van der Waals surface area (Å²) in [7, 11) is 0. The zero-order valence-corrected chi connectivity index (χ0v) is 13.4.